The normalized spacial score (nSPS) is 10.8. The van der Waals surface area contributed by atoms with Crippen LogP contribution in [0, 0.1) is 10.1 Å². The molecule has 0 aliphatic carbocycles. The summed E-state index contributed by atoms with van der Waals surface area (Å²) in [7, 11) is 0. The average molecular weight is 259 g/mol. The van der Waals surface area contributed by atoms with Crippen molar-refractivity contribution in [2.24, 2.45) is 0 Å². The van der Waals surface area contributed by atoms with Gasteiger partial charge in [0.15, 0.2) is 0 Å². The van der Waals surface area contributed by atoms with E-state index in [0.29, 0.717) is 5.56 Å². The van der Waals surface area contributed by atoms with Crippen LogP contribution in [0.3, 0.4) is 0 Å². The Balaban J connectivity index is 2.84. The van der Waals surface area contributed by atoms with E-state index in [1.54, 1.807) is 6.07 Å². The Bertz CT molecular complexity index is 394. The van der Waals surface area contributed by atoms with Crippen molar-refractivity contribution < 1.29 is 9.66 Å². The van der Waals surface area contributed by atoms with E-state index >= 15 is 0 Å². The van der Waals surface area contributed by atoms with Crippen molar-refractivity contribution in [1.29, 1.82) is 0 Å². The molecule has 94 valence electrons. The molecular weight excluding hydrogens is 244 g/mol. The molecule has 6 heteroatoms. The van der Waals surface area contributed by atoms with Crippen LogP contribution in [0.4, 0.5) is 5.69 Å². The Morgan fingerprint density at radius 1 is 1.53 bits per heavy atom. The molecule has 5 nitrogen and oxygen atoms in total. The number of ether oxygens (including phenoxy) is 1. The van der Waals surface area contributed by atoms with E-state index < -0.39 is 4.92 Å². The maximum atomic E-state index is 10.9. The molecular formula is C11H15ClN2O3. The molecule has 0 saturated carbocycles. The molecule has 1 aromatic rings. The summed E-state index contributed by atoms with van der Waals surface area (Å²) in [6.45, 7) is 4.22. The molecule has 0 N–H and O–H groups in total. The Morgan fingerprint density at radius 3 is 2.71 bits per heavy atom. The van der Waals surface area contributed by atoms with Gasteiger partial charge in [-0.15, -0.1) is 0 Å². The van der Waals surface area contributed by atoms with Gasteiger partial charge in [0.25, 0.3) is 0 Å². The lowest BCUT2D eigenvalue weighted by atomic mass is 10.2. The zero-order valence-electron chi connectivity index (χ0n) is 9.85. The van der Waals surface area contributed by atoms with Gasteiger partial charge >= 0.3 is 5.69 Å². The van der Waals surface area contributed by atoms with Crippen LogP contribution >= 0.6 is 11.6 Å². The first-order valence-corrected chi connectivity index (χ1v) is 5.87. The van der Waals surface area contributed by atoms with Crippen LogP contribution in [0.15, 0.2) is 12.3 Å². The van der Waals surface area contributed by atoms with Gasteiger partial charge in [-0.3, -0.25) is 10.1 Å². The second kappa shape index (κ2) is 6.51. The van der Waals surface area contributed by atoms with Crippen LogP contribution < -0.4 is 0 Å². The summed E-state index contributed by atoms with van der Waals surface area (Å²) in [4.78, 5) is 14.0. The SMILES string of the molecule is CCC(CC)OCc1ccnc(Cl)c1[N+](=O)[O-]. The number of nitrogens with zero attached hydrogens (tertiary/aromatic N) is 2. The number of aromatic nitrogens is 1. The lowest BCUT2D eigenvalue weighted by Crippen LogP contribution is -2.11. The van der Waals surface area contributed by atoms with E-state index in [2.05, 4.69) is 4.98 Å². The highest BCUT2D eigenvalue weighted by Gasteiger charge is 2.20. The molecule has 0 aliphatic heterocycles. The van der Waals surface area contributed by atoms with Crippen molar-refractivity contribution in [3.8, 4) is 0 Å². The smallest absolute Gasteiger partial charge is 0.311 e. The van der Waals surface area contributed by atoms with Gasteiger partial charge in [0.05, 0.1) is 23.2 Å². The van der Waals surface area contributed by atoms with Gasteiger partial charge in [0.1, 0.15) is 0 Å². The minimum absolute atomic E-state index is 0.0966. The van der Waals surface area contributed by atoms with Crippen molar-refractivity contribution in [1.82, 2.24) is 4.98 Å². The Kier molecular flexibility index (Phi) is 5.31. The minimum Gasteiger partial charge on any atom is -0.373 e. The Morgan fingerprint density at radius 2 is 2.18 bits per heavy atom. The highest BCUT2D eigenvalue weighted by molar-refractivity contribution is 6.31. The number of halogens is 1. The molecule has 0 aromatic carbocycles. The van der Waals surface area contributed by atoms with Gasteiger partial charge in [0.2, 0.25) is 5.15 Å². The fraction of sp³-hybridized carbons (Fsp3) is 0.545. The summed E-state index contributed by atoms with van der Waals surface area (Å²) in [6.07, 6.45) is 3.31. The molecule has 0 aliphatic rings. The largest absolute Gasteiger partial charge is 0.373 e. The lowest BCUT2D eigenvalue weighted by Gasteiger charge is -2.13. The van der Waals surface area contributed by atoms with E-state index in [0.717, 1.165) is 12.8 Å². The van der Waals surface area contributed by atoms with Crippen LogP contribution in [-0.2, 0) is 11.3 Å². The van der Waals surface area contributed by atoms with E-state index in [-0.39, 0.29) is 23.6 Å². The van der Waals surface area contributed by atoms with Crippen molar-refractivity contribution in [2.45, 2.75) is 39.4 Å². The summed E-state index contributed by atoms with van der Waals surface area (Å²) in [5.41, 5.74) is 0.294. The number of pyridine rings is 1. The summed E-state index contributed by atoms with van der Waals surface area (Å²) in [5, 5.41) is 10.8. The van der Waals surface area contributed by atoms with Gasteiger partial charge in [0, 0.05) is 6.20 Å². The third kappa shape index (κ3) is 3.64. The predicted molar refractivity (Wildman–Crippen MR) is 65.1 cm³/mol. The summed E-state index contributed by atoms with van der Waals surface area (Å²) >= 11 is 5.70. The van der Waals surface area contributed by atoms with Gasteiger partial charge in [-0.1, -0.05) is 25.4 Å². The number of rotatable bonds is 6. The lowest BCUT2D eigenvalue weighted by molar-refractivity contribution is -0.386. The summed E-state index contributed by atoms with van der Waals surface area (Å²) < 4.78 is 5.58. The molecule has 0 saturated heterocycles. The molecule has 1 rings (SSSR count). The third-order valence-electron chi connectivity index (χ3n) is 2.53. The zero-order chi connectivity index (χ0) is 12.8. The summed E-state index contributed by atoms with van der Waals surface area (Å²) in [5.74, 6) is 0. The molecule has 0 spiro atoms. The van der Waals surface area contributed by atoms with Crippen LogP contribution in [-0.4, -0.2) is 16.0 Å². The highest BCUT2D eigenvalue weighted by atomic mass is 35.5. The minimum atomic E-state index is -0.527. The van der Waals surface area contributed by atoms with Gasteiger partial charge < -0.3 is 4.74 Å². The molecule has 0 atom stereocenters. The number of nitro groups is 1. The van der Waals surface area contributed by atoms with E-state index in [9.17, 15) is 10.1 Å². The molecule has 0 radical (unpaired) electrons. The van der Waals surface area contributed by atoms with Crippen LogP contribution in [0.2, 0.25) is 5.15 Å². The monoisotopic (exact) mass is 258 g/mol. The summed E-state index contributed by atoms with van der Waals surface area (Å²) in [6, 6.07) is 1.56. The Hall–Kier alpha value is -1.20. The van der Waals surface area contributed by atoms with Crippen molar-refractivity contribution >= 4 is 17.3 Å². The molecule has 1 aromatic heterocycles. The maximum absolute atomic E-state index is 10.9. The van der Waals surface area contributed by atoms with Crippen LogP contribution in [0.1, 0.15) is 32.3 Å². The van der Waals surface area contributed by atoms with Crippen LogP contribution in [0.5, 0.6) is 0 Å². The van der Waals surface area contributed by atoms with Gasteiger partial charge in [-0.25, -0.2) is 4.98 Å². The van der Waals surface area contributed by atoms with Crippen LogP contribution in [0.25, 0.3) is 0 Å². The first-order valence-electron chi connectivity index (χ1n) is 5.49. The van der Waals surface area contributed by atoms with Crippen molar-refractivity contribution in [2.75, 3.05) is 0 Å². The average Bonchev–Trinajstić information content (AvgIpc) is 2.29. The molecule has 0 bridgehead atoms. The fourth-order valence-electron chi connectivity index (χ4n) is 1.51. The molecule has 17 heavy (non-hydrogen) atoms. The van der Waals surface area contributed by atoms with Gasteiger partial charge in [-0.05, 0) is 18.9 Å². The standard InChI is InChI=1S/C11H15ClN2O3/c1-3-9(4-2)17-7-8-5-6-13-11(12)10(8)14(15)16/h5-6,9H,3-4,7H2,1-2H3. The predicted octanol–water partition coefficient (Wildman–Crippen LogP) is 3.35. The van der Waals surface area contributed by atoms with Crippen molar-refractivity contribution in [3.05, 3.63) is 33.1 Å². The second-order valence-corrected chi connectivity index (χ2v) is 3.97. The third-order valence-corrected chi connectivity index (χ3v) is 2.81. The topological polar surface area (TPSA) is 65.3 Å². The van der Waals surface area contributed by atoms with E-state index in [4.69, 9.17) is 16.3 Å². The first kappa shape index (κ1) is 13.9. The van der Waals surface area contributed by atoms with Gasteiger partial charge in [-0.2, -0.15) is 0 Å². The fourth-order valence-corrected chi connectivity index (χ4v) is 1.75. The number of hydrogen-bond donors (Lipinski definition) is 0. The molecule has 0 fully saturated rings. The molecule has 0 unspecified atom stereocenters. The van der Waals surface area contributed by atoms with E-state index in [1.807, 2.05) is 13.8 Å². The second-order valence-electron chi connectivity index (χ2n) is 3.62. The molecule has 0 amide bonds. The molecule has 1 heterocycles. The van der Waals surface area contributed by atoms with Crippen molar-refractivity contribution in [3.63, 3.8) is 0 Å². The highest BCUT2D eigenvalue weighted by Crippen LogP contribution is 2.27. The first-order chi connectivity index (χ1) is 8.10. The van der Waals surface area contributed by atoms with E-state index in [1.165, 1.54) is 6.20 Å². The maximum Gasteiger partial charge on any atom is 0.311 e. The zero-order valence-corrected chi connectivity index (χ0v) is 10.6. The number of hydrogen-bond acceptors (Lipinski definition) is 4. The quantitative estimate of drug-likeness (QED) is 0.446. The Labute approximate surface area is 105 Å².